The smallest absolute Gasteiger partial charge is 0.0900 e. The van der Waals surface area contributed by atoms with Crippen molar-refractivity contribution in [1.29, 1.82) is 0 Å². The van der Waals surface area contributed by atoms with Crippen LogP contribution in [-0.2, 0) is 0 Å². The monoisotopic (exact) mass is 244 g/mol. The standard InChI is InChI=1S/C11H20N2S2/c1-7(6-14-5)12-8(2)11-9(3)15-10(4)13-11/h7-8,12H,6H2,1-5H3. The molecule has 0 radical (unpaired) electrons. The number of nitrogens with zero attached hydrogens (tertiary/aromatic N) is 1. The van der Waals surface area contributed by atoms with Gasteiger partial charge in [0.1, 0.15) is 0 Å². The average Bonchev–Trinajstić information content (AvgIpc) is 2.45. The van der Waals surface area contributed by atoms with E-state index in [4.69, 9.17) is 0 Å². The molecule has 0 aliphatic rings. The molecule has 15 heavy (non-hydrogen) atoms. The Kier molecular flexibility index (Phi) is 5.09. The van der Waals surface area contributed by atoms with Gasteiger partial charge in [0.25, 0.3) is 0 Å². The highest BCUT2D eigenvalue weighted by molar-refractivity contribution is 7.98. The predicted molar refractivity (Wildman–Crippen MR) is 71.0 cm³/mol. The van der Waals surface area contributed by atoms with Gasteiger partial charge in [0.2, 0.25) is 0 Å². The summed E-state index contributed by atoms with van der Waals surface area (Å²) in [5.41, 5.74) is 1.21. The van der Waals surface area contributed by atoms with Crippen LogP contribution in [0.15, 0.2) is 0 Å². The third-order valence-electron chi connectivity index (χ3n) is 2.30. The normalized spacial score (nSPS) is 15.3. The van der Waals surface area contributed by atoms with Crippen LogP contribution in [-0.4, -0.2) is 23.0 Å². The lowest BCUT2D eigenvalue weighted by atomic mass is 10.2. The van der Waals surface area contributed by atoms with Crippen molar-refractivity contribution in [3.63, 3.8) is 0 Å². The van der Waals surface area contributed by atoms with Crippen molar-refractivity contribution in [2.24, 2.45) is 0 Å². The predicted octanol–water partition coefficient (Wildman–Crippen LogP) is 3.16. The Balaban J connectivity index is 2.60. The molecular formula is C11H20N2S2. The summed E-state index contributed by atoms with van der Waals surface area (Å²) in [4.78, 5) is 5.91. The number of nitrogens with one attached hydrogen (secondary N) is 1. The third kappa shape index (κ3) is 3.78. The van der Waals surface area contributed by atoms with Gasteiger partial charge in [-0.25, -0.2) is 4.98 Å². The van der Waals surface area contributed by atoms with E-state index in [1.54, 1.807) is 11.3 Å². The molecule has 1 N–H and O–H groups in total. The number of hydrogen-bond acceptors (Lipinski definition) is 4. The number of aryl methyl sites for hydroxylation is 2. The van der Waals surface area contributed by atoms with Crippen molar-refractivity contribution in [1.82, 2.24) is 10.3 Å². The number of aromatic nitrogens is 1. The molecule has 2 unspecified atom stereocenters. The molecule has 2 atom stereocenters. The van der Waals surface area contributed by atoms with Crippen LogP contribution in [0.5, 0.6) is 0 Å². The van der Waals surface area contributed by atoms with E-state index in [-0.39, 0.29) is 0 Å². The third-order valence-corrected chi connectivity index (χ3v) is 4.04. The highest BCUT2D eigenvalue weighted by Gasteiger charge is 2.14. The van der Waals surface area contributed by atoms with Gasteiger partial charge in [0.05, 0.1) is 10.7 Å². The zero-order valence-corrected chi connectivity index (χ0v) is 11.8. The van der Waals surface area contributed by atoms with Crippen molar-refractivity contribution in [2.45, 2.75) is 39.8 Å². The maximum atomic E-state index is 4.57. The molecule has 0 bridgehead atoms. The Morgan fingerprint density at radius 3 is 2.53 bits per heavy atom. The number of thioether (sulfide) groups is 1. The Bertz CT molecular complexity index is 310. The summed E-state index contributed by atoms with van der Waals surface area (Å²) in [7, 11) is 0. The van der Waals surface area contributed by atoms with Crippen LogP contribution >= 0.6 is 23.1 Å². The molecule has 1 heterocycles. The molecule has 2 nitrogen and oxygen atoms in total. The van der Waals surface area contributed by atoms with Crippen molar-refractivity contribution in [3.8, 4) is 0 Å². The van der Waals surface area contributed by atoms with E-state index < -0.39 is 0 Å². The molecule has 1 rings (SSSR count). The molecule has 86 valence electrons. The van der Waals surface area contributed by atoms with E-state index in [2.05, 4.69) is 44.3 Å². The van der Waals surface area contributed by atoms with Gasteiger partial charge in [0, 0.05) is 22.7 Å². The molecule has 0 aromatic carbocycles. The van der Waals surface area contributed by atoms with Crippen LogP contribution in [0.4, 0.5) is 0 Å². The van der Waals surface area contributed by atoms with Crippen molar-refractivity contribution >= 4 is 23.1 Å². The van der Waals surface area contributed by atoms with E-state index >= 15 is 0 Å². The zero-order chi connectivity index (χ0) is 11.4. The first kappa shape index (κ1) is 13.0. The number of thiazole rings is 1. The van der Waals surface area contributed by atoms with Crippen molar-refractivity contribution in [2.75, 3.05) is 12.0 Å². The SMILES string of the molecule is CSCC(C)NC(C)c1nc(C)sc1C. The fourth-order valence-electron chi connectivity index (χ4n) is 1.75. The summed E-state index contributed by atoms with van der Waals surface area (Å²) in [6, 6.07) is 0.897. The van der Waals surface area contributed by atoms with Crippen LogP contribution in [0.2, 0.25) is 0 Å². The molecule has 0 saturated heterocycles. The summed E-state index contributed by atoms with van der Waals surface area (Å²) in [5.74, 6) is 1.15. The van der Waals surface area contributed by atoms with E-state index in [1.165, 1.54) is 10.6 Å². The molecule has 0 aliphatic carbocycles. The molecule has 0 spiro atoms. The van der Waals surface area contributed by atoms with Crippen LogP contribution in [0.25, 0.3) is 0 Å². The molecule has 1 aromatic rings. The van der Waals surface area contributed by atoms with Gasteiger partial charge in [-0.2, -0.15) is 11.8 Å². The van der Waals surface area contributed by atoms with Crippen LogP contribution in [0.1, 0.15) is 35.5 Å². The van der Waals surface area contributed by atoms with Gasteiger partial charge in [0.15, 0.2) is 0 Å². The fraction of sp³-hybridized carbons (Fsp3) is 0.727. The minimum atomic E-state index is 0.358. The molecule has 0 aliphatic heterocycles. The van der Waals surface area contributed by atoms with Crippen molar-refractivity contribution < 1.29 is 0 Å². The first-order valence-corrected chi connectivity index (χ1v) is 7.44. The van der Waals surface area contributed by atoms with E-state index in [9.17, 15) is 0 Å². The topological polar surface area (TPSA) is 24.9 Å². The molecule has 4 heteroatoms. The first-order chi connectivity index (χ1) is 7.04. The summed E-state index contributed by atoms with van der Waals surface area (Å²) < 4.78 is 0. The summed E-state index contributed by atoms with van der Waals surface area (Å²) in [5, 5.41) is 4.74. The fourth-order valence-corrected chi connectivity index (χ4v) is 3.26. The molecule has 0 fully saturated rings. The highest BCUT2D eigenvalue weighted by Crippen LogP contribution is 2.22. The Morgan fingerprint density at radius 1 is 1.40 bits per heavy atom. The van der Waals surface area contributed by atoms with Gasteiger partial charge >= 0.3 is 0 Å². The van der Waals surface area contributed by atoms with Gasteiger partial charge in [-0.3, -0.25) is 0 Å². The van der Waals surface area contributed by atoms with Gasteiger partial charge in [-0.1, -0.05) is 0 Å². The average molecular weight is 244 g/mol. The Hall–Kier alpha value is -0.0600. The zero-order valence-electron chi connectivity index (χ0n) is 10.1. The second-order valence-electron chi connectivity index (χ2n) is 3.92. The minimum Gasteiger partial charge on any atom is -0.305 e. The minimum absolute atomic E-state index is 0.358. The second kappa shape index (κ2) is 5.87. The Morgan fingerprint density at radius 2 is 2.07 bits per heavy atom. The second-order valence-corrected chi connectivity index (χ2v) is 6.24. The summed E-state index contributed by atoms with van der Waals surface area (Å²) >= 11 is 3.66. The maximum absolute atomic E-state index is 4.57. The van der Waals surface area contributed by atoms with E-state index in [0.717, 1.165) is 10.8 Å². The van der Waals surface area contributed by atoms with E-state index in [0.29, 0.717) is 12.1 Å². The Labute approximate surface area is 101 Å². The van der Waals surface area contributed by atoms with Gasteiger partial charge < -0.3 is 5.32 Å². The van der Waals surface area contributed by atoms with Crippen molar-refractivity contribution in [3.05, 3.63) is 15.6 Å². The molecular weight excluding hydrogens is 224 g/mol. The summed E-state index contributed by atoms with van der Waals surface area (Å²) in [6.45, 7) is 8.64. The largest absolute Gasteiger partial charge is 0.305 e. The van der Waals surface area contributed by atoms with Crippen LogP contribution < -0.4 is 5.32 Å². The first-order valence-electron chi connectivity index (χ1n) is 5.23. The number of hydrogen-bond donors (Lipinski definition) is 1. The van der Waals surface area contributed by atoms with Crippen LogP contribution in [0, 0.1) is 13.8 Å². The van der Waals surface area contributed by atoms with Gasteiger partial charge in [-0.05, 0) is 34.0 Å². The molecule has 1 aromatic heterocycles. The quantitative estimate of drug-likeness (QED) is 0.861. The summed E-state index contributed by atoms with van der Waals surface area (Å²) in [6.07, 6.45) is 2.14. The number of rotatable bonds is 5. The highest BCUT2D eigenvalue weighted by atomic mass is 32.2. The van der Waals surface area contributed by atoms with E-state index in [1.807, 2.05) is 11.8 Å². The maximum Gasteiger partial charge on any atom is 0.0900 e. The van der Waals surface area contributed by atoms with Crippen LogP contribution in [0.3, 0.4) is 0 Å². The lowest BCUT2D eigenvalue weighted by Crippen LogP contribution is -2.31. The molecule has 0 saturated carbocycles. The lowest BCUT2D eigenvalue weighted by molar-refractivity contribution is 0.502. The lowest BCUT2D eigenvalue weighted by Gasteiger charge is -2.18. The van der Waals surface area contributed by atoms with Gasteiger partial charge in [-0.15, -0.1) is 11.3 Å². The molecule has 0 amide bonds.